The van der Waals surface area contributed by atoms with Gasteiger partial charge in [-0.3, -0.25) is 4.79 Å². The van der Waals surface area contributed by atoms with Gasteiger partial charge in [-0.05, 0) is 12.5 Å². The van der Waals surface area contributed by atoms with E-state index in [-0.39, 0.29) is 5.56 Å². The number of H-pyrrole nitrogens is 1. The molecule has 2 aromatic rings. The maximum Gasteiger partial charge on any atom is 0.252 e. The smallest absolute Gasteiger partial charge is 0.252 e. The van der Waals surface area contributed by atoms with Crippen LogP contribution in [0.15, 0.2) is 10.9 Å². The number of halogens is 1. The molecule has 0 aromatic carbocycles. The molecule has 14 heavy (non-hydrogen) atoms. The molecule has 0 aliphatic rings. The van der Waals surface area contributed by atoms with E-state index in [4.69, 9.17) is 11.6 Å². The SMILES string of the molecule is CCc1cc2nc(CCl)sc2[nH]c1=O. The van der Waals surface area contributed by atoms with Gasteiger partial charge in [-0.25, -0.2) is 4.98 Å². The Bertz CT molecular complexity index is 517. The van der Waals surface area contributed by atoms with Crippen molar-refractivity contribution >= 4 is 33.3 Å². The van der Waals surface area contributed by atoms with Gasteiger partial charge in [0.05, 0.1) is 11.4 Å². The summed E-state index contributed by atoms with van der Waals surface area (Å²) in [5.74, 6) is 0.392. The van der Waals surface area contributed by atoms with Crippen molar-refractivity contribution in [2.24, 2.45) is 0 Å². The summed E-state index contributed by atoms with van der Waals surface area (Å²) in [5, 5.41) is 0.838. The highest BCUT2D eigenvalue weighted by atomic mass is 35.5. The highest BCUT2D eigenvalue weighted by Gasteiger charge is 2.06. The lowest BCUT2D eigenvalue weighted by molar-refractivity contribution is 1.08. The van der Waals surface area contributed by atoms with E-state index < -0.39 is 0 Å². The summed E-state index contributed by atoms with van der Waals surface area (Å²) < 4.78 is 0. The molecule has 2 aromatic heterocycles. The topological polar surface area (TPSA) is 45.8 Å². The molecule has 0 saturated carbocycles. The molecule has 0 radical (unpaired) electrons. The normalized spacial score (nSPS) is 11.0. The van der Waals surface area contributed by atoms with Gasteiger partial charge in [0.25, 0.3) is 5.56 Å². The number of aryl methyl sites for hydroxylation is 1. The third kappa shape index (κ3) is 1.55. The minimum atomic E-state index is -0.0234. The quantitative estimate of drug-likeness (QED) is 0.802. The van der Waals surface area contributed by atoms with Crippen molar-refractivity contribution in [3.63, 3.8) is 0 Å². The number of alkyl halides is 1. The molecule has 0 atom stereocenters. The van der Waals surface area contributed by atoms with E-state index in [2.05, 4.69) is 9.97 Å². The third-order valence-electron chi connectivity index (χ3n) is 2.02. The monoisotopic (exact) mass is 228 g/mol. The van der Waals surface area contributed by atoms with Gasteiger partial charge in [0, 0.05) is 5.56 Å². The second-order valence-electron chi connectivity index (χ2n) is 2.93. The Kier molecular flexibility index (Phi) is 2.56. The summed E-state index contributed by atoms with van der Waals surface area (Å²) in [6.45, 7) is 1.95. The summed E-state index contributed by atoms with van der Waals surface area (Å²) in [6, 6.07) is 1.83. The van der Waals surface area contributed by atoms with E-state index in [0.29, 0.717) is 5.88 Å². The Morgan fingerprint density at radius 2 is 2.43 bits per heavy atom. The van der Waals surface area contributed by atoms with E-state index in [9.17, 15) is 4.79 Å². The van der Waals surface area contributed by atoms with Crippen LogP contribution in [0.2, 0.25) is 0 Å². The number of hydrogen-bond donors (Lipinski definition) is 1. The number of thiazole rings is 1. The summed E-state index contributed by atoms with van der Waals surface area (Å²) in [6.07, 6.45) is 0.721. The second-order valence-corrected chi connectivity index (χ2v) is 4.28. The molecule has 5 heteroatoms. The van der Waals surface area contributed by atoms with Crippen molar-refractivity contribution < 1.29 is 0 Å². The lowest BCUT2D eigenvalue weighted by atomic mass is 10.2. The highest BCUT2D eigenvalue weighted by Crippen LogP contribution is 2.20. The molecule has 1 N–H and O–H groups in total. The number of nitrogens with zero attached hydrogens (tertiary/aromatic N) is 1. The molecule has 0 bridgehead atoms. The first-order valence-corrected chi connectivity index (χ1v) is 5.67. The molecular formula is C9H9ClN2OS. The number of nitrogens with one attached hydrogen (secondary N) is 1. The summed E-state index contributed by atoms with van der Waals surface area (Å²) >= 11 is 7.10. The minimum absolute atomic E-state index is 0.0234. The van der Waals surface area contributed by atoms with E-state index in [1.54, 1.807) is 0 Å². The van der Waals surface area contributed by atoms with E-state index >= 15 is 0 Å². The number of pyridine rings is 1. The predicted molar refractivity (Wildman–Crippen MR) is 59.2 cm³/mol. The second kappa shape index (κ2) is 3.71. The van der Waals surface area contributed by atoms with Crippen molar-refractivity contribution in [1.82, 2.24) is 9.97 Å². The van der Waals surface area contributed by atoms with Crippen LogP contribution in [0.4, 0.5) is 0 Å². The summed E-state index contributed by atoms with van der Waals surface area (Å²) in [5.41, 5.74) is 1.58. The number of rotatable bonds is 2. The fourth-order valence-electron chi connectivity index (χ4n) is 1.30. The van der Waals surface area contributed by atoms with Crippen LogP contribution < -0.4 is 5.56 Å². The van der Waals surface area contributed by atoms with Crippen LogP contribution in [0.3, 0.4) is 0 Å². The Balaban J connectivity index is 2.70. The number of hydrogen-bond acceptors (Lipinski definition) is 3. The average Bonchev–Trinajstić information content (AvgIpc) is 2.58. The van der Waals surface area contributed by atoms with Crippen LogP contribution in [0.25, 0.3) is 10.3 Å². The van der Waals surface area contributed by atoms with E-state index in [0.717, 1.165) is 27.3 Å². The van der Waals surface area contributed by atoms with Crippen molar-refractivity contribution in [3.8, 4) is 0 Å². The first kappa shape index (κ1) is 9.68. The Hall–Kier alpha value is -0.870. The lowest BCUT2D eigenvalue weighted by Gasteiger charge is -1.93. The van der Waals surface area contributed by atoms with Crippen LogP contribution >= 0.6 is 22.9 Å². The van der Waals surface area contributed by atoms with Gasteiger partial charge in [-0.1, -0.05) is 18.3 Å². The number of fused-ring (bicyclic) bond motifs is 1. The zero-order chi connectivity index (χ0) is 10.1. The standard InChI is InChI=1S/C9H9ClN2OS/c1-2-5-3-6-9(12-8(5)13)14-7(4-10)11-6/h3H,2,4H2,1H3,(H,12,13). The van der Waals surface area contributed by atoms with Crippen LogP contribution in [0.1, 0.15) is 17.5 Å². The van der Waals surface area contributed by atoms with E-state index in [1.165, 1.54) is 11.3 Å². The first-order valence-electron chi connectivity index (χ1n) is 4.32. The molecule has 0 aliphatic carbocycles. The van der Waals surface area contributed by atoms with Crippen LogP contribution in [-0.2, 0) is 12.3 Å². The maximum atomic E-state index is 11.5. The van der Waals surface area contributed by atoms with E-state index in [1.807, 2.05) is 13.0 Å². The number of aromatic amines is 1. The lowest BCUT2D eigenvalue weighted by Crippen LogP contribution is -2.10. The molecule has 0 saturated heterocycles. The summed E-state index contributed by atoms with van der Waals surface area (Å²) in [7, 11) is 0. The van der Waals surface area contributed by atoms with Crippen molar-refractivity contribution in [2.45, 2.75) is 19.2 Å². The zero-order valence-electron chi connectivity index (χ0n) is 7.63. The van der Waals surface area contributed by atoms with Crippen molar-refractivity contribution in [3.05, 3.63) is 27.0 Å². The molecular weight excluding hydrogens is 220 g/mol. The van der Waals surface area contributed by atoms with Crippen molar-refractivity contribution in [2.75, 3.05) is 0 Å². The minimum Gasteiger partial charge on any atom is -0.312 e. The van der Waals surface area contributed by atoms with Gasteiger partial charge in [-0.15, -0.1) is 11.6 Å². The molecule has 74 valence electrons. The van der Waals surface area contributed by atoms with Gasteiger partial charge in [-0.2, -0.15) is 0 Å². The van der Waals surface area contributed by atoms with Gasteiger partial charge in [0.15, 0.2) is 0 Å². The van der Waals surface area contributed by atoms with Crippen LogP contribution in [-0.4, -0.2) is 9.97 Å². The summed E-state index contributed by atoms with van der Waals surface area (Å²) in [4.78, 5) is 19.4. The molecule has 0 unspecified atom stereocenters. The maximum absolute atomic E-state index is 11.5. The van der Waals surface area contributed by atoms with Crippen LogP contribution in [0, 0.1) is 0 Å². The molecule has 0 aliphatic heterocycles. The molecule has 0 fully saturated rings. The van der Waals surface area contributed by atoms with Gasteiger partial charge in [0.1, 0.15) is 9.84 Å². The first-order chi connectivity index (χ1) is 6.74. The largest absolute Gasteiger partial charge is 0.312 e. The molecule has 2 rings (SSSR count). The molecule has 2 heterocycles. The fourth-order valence-corrected chi connectivity index (χ4v) is 2.31. The highest BCUT2D eigenvalue weighted by molar-refractivity contribution is 7.18. The van der Waals surface area contributed by atoms with Crippen molar-refractivity contribution in [1.29, 1.82) is 0 Å². The number of aromatic nitrogens is 2. The van der Waals surface area contributed by atoms with Crippen LogP contribution in [0.5, 0.6) is 0 Å². The Labute approximate surface area is 89.8 Å². The average molecular weight is 229 g/mol. The predicted octanol–water partition coefficient (Wildman–Crippen LogP) is 2.29. The van der Waals surface area contributed by atoms with Gasteiger partial charge in [0.2, 0.25) is 0 Å². The third-order valence-corrected chi connectivity index (χ3v) is 3.42. The Morgan fingerprint density at radius 1 is 1.64 bits per heavy atom. The zero-order valence-corrected chi connectivity index (χ0v) is 9.21. The Morgan fingerprint density at radius 3 is 3.07 bits per heavy atom. The molecule has 0 spiro atoms. The molecule has 3 nitrogen and oxygen atoms in total. The van der Waals surface area contributed by atoms with Gasteiger partial charge >= 0.3 is 0 Å². The fraction of sp³-hybridized carbons (Fsp3) is 0.333. The van der Waals surface area contributed by atoms with Gasteiger partial charge < -0.3 is 4.98 Å². The molecule has 0 amide bonds.